The first-order valence-corrected chi connectivity index (χ1v) is 33.6. The minimum absolute atomic E-state index is 0. The van der Waals surface area contributed by atoms with E-state index in [1.165, 1.54) is 0 Å². The van der Waals surface area contributed by atoms with Gasteiger partial charge in [0.15, 0.2) is 0 Å². The quantitative estimate of drug-likeness (QED) is 0.240. The zero-order valence-corrected chi connectivity index (χ0v) is 33.8. The van der Waals surface area contributed by atoms with Gasteiger partial charge in [-0.05, 0) is 0 Å². The van der Waals surface area contributed by atoms with Gasteiger partial charge in [-0.2, -0.15) is 0 Å². The van der Waals surface area contributed by atoms with Crippen molar-refractivity contribution in [3.63, 3.8) is 0 Å². The summed E-state index contributed by atoms with van der Waals surface area (Å²) in [7, 11) is 60.2. The van der Waals surface area contributed by atoms with Crippen molar-refractivity contribution in [1.29, 1.82) is 0 Å². The Morgan fingerprint density at radius 2 is 0.344 bits per heavy atom. The van der Waals surface area contributed by atoms with Crippen molar-refractivity contribution < 1.29 is 79.2 Å². The fourth-order valence-corrected chi connectivity index (χ4v) is 0. The Bertz CT molecular complexity index is 234. The van der Waals surface area contributed by atoms with Crippen LogP contribution in [-0.2, 0) is 58.8 Å². The largest absolute Gasteiger partial charge is 4.00 e. The van der Waals surface area contributed by atoms with Crippen LogP contribution in [0, 0.1) is 0 Å². The Hall–Kier alpha value is 6.18. The van der Waals surface area contributed by atoms with Gasteiger partial charge >= 0.3 is 170 Å². The molecule has 0 saturated carbocycles. The number of hydrogen-bond acceptors (Lipinski definition) is 4. The zero-order chi connectivity index (χ0) is 27.8. The third-order valence-corrected chi connectivity index (χ3v) is 0. The number of halogens is 12. The van der Waals surface area contributed by atoms with E-state index in [9.17, 15) is 20.4 Å². The molecule has 32 heavy (non-hydrogen) atoms. The van der Waals surface area contributed by atoms with Gasteiger partial charge < -0.3 is 20.4 Å². The maximum absolute atomic E-state index is 9.53. The molecule has 0 aromatic heterocycles. The predicted molar refractivity (Wildman–Crippen MR) is 131 cm³/mol. The van der Waals surface area contributed by atoms with Gasteiger partial charge in [0, 0.05) is 0 Å². The summed E-state index contributed by atoms with van der Waals surface area (Å²) in [5.41, 5.74) is 0. The molecule has 0 heterocycles. The smallest absolute Gasteiger partial charge is 4.00 e. The average Bonchev–Trinajstić information content (AvgIpc) is 2.14. The van der Waals surface area contributed by atoms with E-state index in [1.807, 2.05) is 0 Å². The van der Waals surface area contributed by atoms with Gasteiger partial charge in [-0.3, -0.25) is 0 Å². The van der Waals surface area contributed by atoms with Gasteiger partial charge in [-0.25, -0.2) is 0 Å². The number of hydrogen-bond donors (Lipinski definition) is 0. The van der Waals surface area contributed by atoms with Gasteiger partial charge in [0.05, 0.1) is 0 Å². The van der Waals surface area contributed by atoms with Gasteiger partial charge in [0.25, 0.3) is 0 Å². The number of rotatable bonds is 0. The van der Waals surface area contributed by atoms with Crippen molar-refractivity contribution in [1.82, 2.24) is 0 Å². The van der Waals surface area contributed by atoms with E-state index in [1.54, 1.807) is 55.4 Å². The van der Waals surface area contributed by atoms with Crippen LogP contribution in [0.2, 0.25) is 0 Å². The van der Waals surface area contributed by atoms with E-state index in [4.69, 9.17) is 112 Å². The molecule has 0 radical (unpaired) electrons. The monoisotopic (exact) mass is 848 g/mol. The van der Waals surface area contributed by atoms with Crippen LogP contribution in [0.25, 0.3) is 0 Å². The third-order valence-electron chi connectivity index (χ3n) is 0. The predicted octanol–water partition coefficient (Wildman–Crippen LogP) is 7.28. The van der Waals surface area contributed by atoms with Crippen LogP contribution in [0.4, 0.5) is 0 Å². The summed E-state index contributed by atoms with van der Waals surface area (Å²) in [6.07, 6.45) is -1.67. The van der Waals surface area contributed by atoms with E-state index in [0.717, 1.165) is 0 Å². The summed E-state index contributed by atoms with van der Waals surface area (Å²) in [5.74, 6) is 0. The summed E-state index contributed by atoms with van der Waals surface area (Å²) in [6, 6.07) is 0. The molecular weight excluding hydrogens is 825 g/mol. The molecule has 0 atom stereocenters. The molecule has 4 nitrogen and oxygen atoms in total. The second-order valence-corrected chi connectivity index (χ2v) is 51.9. The fraction of sp³-hybridized carbons (Fsp3) is 1.00. The van der Waals surface area contributed by atoms with Crippen LogP contribution in [-0.4, -0.2) is 24.4 Å². The average molecular weight is 853 g/mol. The minimum Gasteiger partial charge on any atom is 4.00 e. The topological polar surface area (TPSA) is 92.2 Å². The van der Waals surface area contributed by atoms with E-state index >= 15 is 0 Å². The molecule has 0 aliphatic carbocycles. The van der Waals surface area contributed by atoms with Crippen molar-refractivity contribution in [2.24, 2.45) is 0 Å². The second kappa shape index (κ2) is 37.2. The Kier molecular flexibility index (Phi) is 67.3. The zero-order valence-electron chi connectivity index (χ0n) is 18.5. The van der Waals surface area contributed by atoms with Crippen molar-refractivity contribution >= 4 is 112 Å². The van der Waals surface area contributed by atoms with E-state index < -0.39 is 61.5 Å². The summed E-state index contributed by atoms with van der Waals surface area (Å²) in [5, 5.41) is 38.1. The Balaban J connectivity index is -0.0000000349. The van der Waals surface area contributed by atoms with Gasteiger partial charge in [0.2, 0.25) is 0 Å². The van der Waals surface area contributed by atoms with Crippen LogP contribution in [0.5, 0.6) is 0 Å². The van der Waals surface area contributed by atoms with Crippen LogP contribution >= 0.6 is 112 Å². The molecule has 0 amide bonds. The molecule has 0 aliphatic rings. The van der Waals surface area contributed by atoms with Gasteiger partial charge in [-0.1, -0.05) is 55.4 Å². The maximum atomic E-state index is 9.53. The SMILES string of the molecule is CC(C)[O-].CC(C)[O-].CC(C)[O-].CC(C)[O-].[Cl][Ti]([Cl])([Cl])[Cl].[Cl][Ti]([Cl])([Cl])[Cl].[Cl][Ti]([Cl])([Cl])[Cl].[Ti+4]. The molecule has 0 saturated heterocycles. The molecular formula is C12H28Cl12O4Ti4. The van der Waals surface area contributed by atoms with Crippen LogP contribution < -0.4 is 20.4 Å². The minimum atomic E-state index is -3.11. The molecule has 0 bridgehead atoms. The van der Waals surface area contributed by atoms with E-state index in [2.05, 4.69) is 0 Å². The fourth-order valence-electron chi connectivity index (χ4n) is 0. The molecule has 200 valence electrons. The summed E-state index contributed by atoms with van der Waals surface area (Å²) in [6.45, 7) is 12.9. The molecule has 0 unspecified atom stereocenters. The Labute approximate surface area is 265 Å². The second-order valence-electron chi connectivity index (χ2n) is 5.48. The molecule has 0 aromatic rings. The molecule has 0 aliphatic heterocycles. The molecule has 0 aromatic carbocycles. The van der Waals surface area contributed by atoms with Crippen molar-refractivity contribution in [3.8, 4) is 0 Å². The van der Waals surface area contributed by atoms with Crippen molar-refractivity contribution in [2.45, 2.75) is 79.8 Å². The van der Waals surface area contributed by atoms with Crippen molar-refractivity contribution in [2.75, 3.05) is 0 Å². The first kappa shape index (κ1) is 57.9. The summed E-state index contributed by atoms with van der Waals surface area (Å²) >= 11 is -9.33. The van der Waals surface area contributed by atoms with Crippen molar-refractivity contribution in [3.05, 3.63) is 0 Å². The van der Waals surface area contributed by atoms with E-state index in [-0.39, 0.29) is 21.7 Å². The summed E-state index contributed by atoms with van der Waals surface area (Å²) in [4.78, 5) is 0. The standard InChI is InChI=1S/4C3H7O.12ClH.4Ti/c4*1-3(2)4;;;;;;;;;;;;;;;;/h4*3H,1-2H3;12*1H;;;;/q4*-1;;;;;;;;;;;;;4*+4/p-12. The van der Waals surface area contributed by atoms with Crippen LogP contribution in [0.3, 0.4) is 0 Å². The van der Waals surface area contributed by atoms with Crippen LogP contribution in [0.1, 0.15) is 55.4 Å². The molecule has 0 N–H and O–H groups in total. The molecule has 20 heteroatoms. The van der Waals surface area contributed by atoms with Gasteiger partial charge in [0.1, 0.15) is 0 Å². The summed E-state index contributed by atoms with van der Waals surface area (Å²) < 4.78 is 0. The maximum Gasteiger partial charge on any atom is 4.00 e. The normalized spacial score (nSPS) is 10.1. The van der Waals surface area contributed by atoms with Gasteiger partial charge in [-0.15, -0.1) is 24.4 Å². The molecule has 0 rings (SSSR count). The molecule has 0 spiro atoms. The Morgan fingerprint density at radius 1 is 0.344 bits per heavy atom. The first-order chi connectivity index (χ1) is 12.9. The third kappa shape index (κ3) is 1170. The van der Waals surface area contributed by atoms with Crippen LogP contribution in [0.15, 0.2) is 0 Å². The first-order valence-electron chi connectivity index (χ1n) is 7.83. The van der Waals surface area contributed by atoms with E-state index in [0.29, 0.717) is 0 Å². The molecule has 0 fully saturated rings. The Morgan fingerprint density at radius 3 is 0.344 bits per heavy atom.